The van der Waals surface area contributed by atoms with Crippen molar-refractivity contribution in [3.8, 4) is 5.75 Å². The lowest BCUT2D eigenvalue weighted by atomic mass is 10.1. The van der Waals surface area contributed by atoms with E-state index >= 15 is 0 Å². The Kier molecular flexibility index (Phi) is 8.66. The van der Waals surface area contributed by atoms with Gasteiger partial charge in [0.1, 0.15) is 12.3 Å². The molecule has 1 heterocycles. The van der Waals surface area contributed by atoms with Gasteiger partial charge in [-0.1, -0.05) is 50.2 Å². The molecule has 0 atom stereocenters. The first-order valence-corrected chi connectivity index (χ1v) is 12.0. The molecule has 5 nitrogen and oxygen atoms in total. The van der Waals surface area contributed by atoms with Crippen molar-refractivity contribution in [2.24, 2.45) is 5.92 Å². The second kappa shape index (κ2) is 11.7. The number of nitrogens with zero attached hydrogens (tertiary/aromatic N) is 2. The van der Waals surface area contributed by atoms with Gasteiger partial charge < -0.3 is 14.5 Å². The second-order valence-corrected chi connectivity index (χ2v) is 9.57. The Morgan fingerprint density at radius 3 is 2.36 bits per heavy atom. The molecule has 0 aliphatic carbocycles. The summed E-state index contributed by atoms with van der Waals surface area (Å²) in [5.41, 5.74) is 2.76. The van der Waals surface area contributed by atoms with Crippen LogP contribution in [0.3, 0.4) is 0 Å². The van der Waals surface area contributed by atoms with E-state index < -0.39 is 0 Å². The first-order valence-electron chi connectivity index (χ1n) is 11.2. The normalized spacial score (nSPS) is 10.8. The van der Waals surface area contributed by atoms with Crippen molar-refractivity contribution in [3.63, 3.8) is 0 Å². The lowest BCUT2D eigenvalue weighted by Crippen LogP contribution is -2.43. The summed E-state index contributed by atoms with van der Waals surface area (Å²) in [6.07, 6.45) is 0. The second-order valence-electron chi connectivity index (χ2n) is 8.57. The van der Waals surface area contributed by atoms with E-state index in [2.05, 4.69) is 13.0 Å². The number of hydrogen-bond donors (Lipinski definition) is 0. The average molecular weight is 465 g/mol. The van der Waals surface area contributed by atoms with Gasteiger partial charge in [-0.15, -0.1) is 11.3 Å². The quantitative estimate of drug-likeness (QED) is 0.404. The van der Waals surface area contributed by atoms with Gasteiger partial charge >= 0.3 is 0 Å². The molecule has 0 bridgehead atoms. The minimum absolute atomic E-state index is 0.0332. The molecule has 0 fully saturated rings. The zero-order valence-corrected chi connectivity index (χ0v) is 20.6. The zero-order valence-electron chi connectivity index (χ0n) is 19.8. The number of amides is 2. The first kappa shape index (κ1) is 24.5. The van der Waals surface area contributed by atoms with Crippen molar-refractivity contribution in [3.05, 3.63) is 87.6 Å². The number of thiophene rings is 1. The van der Waals surface area contributed by atoms with Crippen LogP contribution in [0, 0.1) is 12.8 Å². The molecule has 3 aromatic rings. The molecular weight excluding hydrogens is 432 g/mol. The molecule has 3 rings (SSSR count). The highest BCUT2D eigenvalue weighted by Crippen LogP contribution is 2.20. The molecule has 2 amide bonds. The molecular formula is C27H32N2O3S. The number of ether oxygens (including phenoxy) is 1. The fraction of sp³-hybridized carbons (Fsp3) is 0.333. The predicted molar refractivity (Wildman–Crippen MR) is 133 cm³/mol. The Morgan fingerprint density at radius 1 is 0.970 bits per heavy atom. The van der Waals surface area contributed by atoms with Crippen LogP contribution < -0.4 is 4.74 Å². The molecule has 1 aromatic heterocycles. The lowest BCUT2D eigenvalue weighted by molar-refractivity contribution is -0.133. The number of rotatable bonds is 10. The van der Waals surface area contributed by atoms with E-state index in [1.54, 1.807) is 47.6 Å². The van der Waals surface area contributed by atoms with Gasteiger partial charge in [-0.2, -0.15) is 0 Å². The highest BCUT2D eigenvalue weighted by atomic mass is 32.1. The third kappa shape index (κ3) is 6.93. The summed E-state index contributed by atoms with van der Waals surface area (Å²) in [6, 6.07) is 19.1. The largest absolute Gasteiger partial charge is 0.497 e. The van der Waals surface area contributed by atoms with E-state index in [-0.39, 0.29) is 24.3 Å². The van der Waals surface area contributed by atoms with Crippen molar-refractivity contribution in [2.45, 2.75) is 33.9 Å². The van der Waals surface area contributed by atoms with Crippen LogP contribution in [-0.4, -0.2) is 41.8 Å². The van der Waals surface area contributed by atoms with E-state index in [1.807, 2.05) is 54.5 Å². The Balaban J connectivity index is 1.83. The number of hydrogen-bond acceptors (Lipinski definition) is 4. The molecule has 33 heavy (non-hydrogen) atoms. The smallest absolute Gasteiger partial charge is 0.254 e. The van der Waals surface area contributed by atoms with E-state index in [0.29, 0.717) is 30.9 Å². The van der Waals surface area contributed by atoms with Crippen LogP contribution in [0.4, 0.5) is 0 Å². The van der Waals surface area contributed by atoms with Crippen molar-refractivity contribution < 1.29 is 14.3 Å². The molecule has 0 saturated carbocycles. The fourth-order valence-electron chi connectivity index (χ4n) is 3.64. The maximum atomic E-state index is 13.5. The topological polar surface area (TPSA) is 49.9 Å². The Morgan fingerprint density at radius 2 is 1.73 bits per heavy atom. The summed E-state index contributed by atoms with van der Waals surface area (Å²) < 4.78 is 5.28. The molecule has 2 aromatic carbocycles. The first-order chi connectivity index (χ1) is 15.9. The van der Waals surface area contributed by atoms with Gasteiger partial charge in [0.15, 0.2) is 0 Å². The molecule has 6 heteroatoms. The van der Waals surface area contributed by atoms with Gasteiger partial charge in [-0.25, -0.2) is 0 Å². The van der Waals surface area contributed by atoms with E-state index in [4.69, 9.17) is 4.74 Å². The molecule has 174 valence electrons. The Labute approximate surface area is 200 Å². The summed E-state index contributed by atoms with van der Waals surface area (Å²) in [5.74, 6) is 0.622. The van der Waals surface area contributed by atoms with Gasteiger partial charge in [0.2, 0.25) is 5.91 Å². The van der Waals surface area contributed by atoms with Gasteiger partial charge in [-0.05, 0) is 53.6 Å². The lowest BCUT2D eigenvalue weighted by Gasteiger charge is -2.29. The van der Waals surface area contributed by atoms with Gasteiger partial charge in [0.25, 0.3) is 5.91 Å². The monoisotopic (exact) mass is 464 g/mol. The number of benzene rings is 2. The molecule has 0 aliphatic rings. The van der Waals surface area contributed by atoms with Crippen LogP contribution >= 0.6 is 11.3 Å². The van der Waals surface area contributed by atoms with Crippen LogP contribution in [0.2, 0.25) is 0 Å². The van der Waals surface area contributed by atoms with Gasteiger partial charge in [-0.3, -0.25) is 9.59 Å². The highest BCUT2D eigenvalue weighted by Gasteiger charge is 2.24. The fourth-order valence-corrected chi connectivity index (χ4v) is 4.56. The SMILES string of the molecule is COc1cccc(C(=O)N(CC(=O)N(Cc2ccccc2)Cc2sccc2C)CC(C)C)c1. The van der Waals surface area contributed by atoms with Crippen LogP contribution in [0.5, 0.6) is 5.75 Å². The molecule has 0 unspecified atom stereocenters. The van der Waals surface area contributed by atoms with Gasteiger partial charge in [0, 0.05) is 23.5 Å². The maximum Gasteiger partial charge on any atom is 0.254 e. The van der Waals surface area contributed by atoms with Crippen LogP contribution in [0.15, 0.2) is 66.0 Å². The zero-order chi connectivity index (χ0) is 23.8. The van der Waals surface area contributed by atoms with Crippen molar-refractivity contribution >= 4 is 23.2 Å². The number of aryl methyl sites for hydroxylation is 1. The minimum Gasteiger partial charge on any atom is -0.497 e. The number of carbonyl (C=O) groups excluding carboxylic acids is 2. The van der Waals surface area contributed by atoms with Crippen LogP contribution in [0.25, 0.3) is 0 Å². The summed E-state index contributed by atoms with van der Waals surface area (Å²) in [6.45, 7) is 7.72. The predicted octanol–water partition coefficient (Wildman–Crippen LogP) is 5.39. The van der Waals surface area contributed by atoms with E-state index in [1.165, 1.54) is 5.56 Å². The summed E-state index contributed by atoms with van der Waals surface area (Å²) >= 11 is 1.65. The molecule has 0 N–H and O–H groups in total. The Bertz CT molecular complexity index is 1060. The highest BCUT2D eigenvalue weighted by molar-refractivity contribution is 7.10. The van der Waals surface area contributed by atoms with Crippen molar-refractivity contribution in [1.82, 2.24) is 9.80 Å². The summed E-state index contributed by atoms with van der Waals surface area (Å²) in [7, 11) is 1.58. The van der Waals surface area contributed by atoms with E-state index in [0.717, 1.165) is 10.4 Å². The molecule has 0 saturated heterocycles. The van der Waals surface area contributed by atoms with Crippen LogP contribution in [0.1, 0.15) is 40.2 Å². The minimum atomic E-state index is -0.164. The Hall–Kier alpha value is -3.12. The third-order valence-corrected chi connectivity index (χ3v) is 6.39. The van der Waals surface area contributed by atoms with Crippen molar-refractivity contribution in [2.75, 3.05) is 20.2 Å². The molecule has 0 radical (unpaired) electrons. The summed E-state index contributed by atoms with van der Waals surface area (Å²) in [5, 5.41) is 2.05. The van der Waals surface area contributed by atoms with Crippen LogP contribution in [-0.2, 0) is 17.9 Å². The number of methoxy groups -OCH3 is 1. The van der Waals surface area contributed by atoms with Gasteiger partial charge in [0.05, 0.1) is 13.7 Å². The summed E-state index contributed by atoms with van der Waals surface area (Å²) in [4.78, 5) is 31.5. The standard InChI is InChI=1S/C27H32N2O3S/c1-20(2)16-29(27(31)23-11-8-12-24(15-23)32-4)19-26(30)28(17-22-9-6-5-7-10-22)18-25-21(3)13-14-33-25/h5-15,20H,16-19H2,1-4H3. The van der Waals surface area contributed by atoms with Crippen molar-refractivity contribution in [1.29, 1.82) is 0 Å². The molecule has 0 spiro atoms. The van der Waals surface area contributed by atoms with E-state index in [9.17, 15) is 9.59 Å². The third-order valence-electron chi connectivity index (χ3n) is 5.39. The number of carbonyl (C=O) groups is 2. The maximum absolute atomic E-state index is 13.5. The average Bonchev–Trinajstić information content (AvgIpc) is 3.22. The molecule has 0 aliphatic heterocycles.